The Morgan fingerprint density at radius 3 is 1.44 bits per heavy atom. The Bertz CT molecular complexity index is 1310. The zero-order valence-corrected chi connectivity index (χ0v) is 22.9. The monoisotopic (exact) mass is 548 g/mol. The first kappa shape index (κ1) is 27.9. The topological polar surface area (TPSA) is 105 Å². The minimum absolute atomic E-state index is 0.0842. The predicted molar refractivity (Wildman–Crippen MR) is 147 cm³/mol. The predicted octanol–water partition coefficient (Wildman–Crippen LogP) is 2.57. The lowest BCUT2D eigenvalue weighted by atomic mass is 9.88. The van der Waals surface area contributed by atoms with Gasteiger partial charge in [-0.05, 0) is 22.8 Å². The van der Waals surface area contributed by atoms with Crippen LogP contribution in [0.5, 0.6) is 0 Å². The first-order chi connectivity index (χ1) is 18.7. The van der Waals surface area contributed by atoms with Crippen molar-refractivity contribution in [2.24, 2.45) is 11.8 Å². The zero-order chi connectivity index (χ0) is 28.2. The molecule has 1 unspecified atom stereocenters. The SMILES string of the molecule is COC(=O)C(C(C(=O)OC)C1C(=O)OC(C)(C)OC1=O)=P(c1ccccc1)(c1ccccc1)c1ccccc1. The number of cyclic esters (lactones) is 2. The average molecular weight is 549 g/mol. The molecule has 1 aliphatic rings. The lowest BCUT2D eigenvalue weighted by molar-refractivity contribution is -0.242. The van der Waals surface area contributed by atoms with Crippen molar-refractivity contribution < 1.29 is 38.1 Å². The lowest BCUT2D eigenvalue weighted by Crippen LogP contribution is -2.54. The number of hydrogen-bond donors (Lipinski definition) is 0. The van der Waals surface area contributed by atoms with Crippen molar-refractivity contribution in [1.82, 2.24) is 0 Å². The van der Waals surface area contributed by atoms with E-state index >= 15 is 0 Å². The second-order valence-electron chi connectivity index (χ2n) is 9.27. The number of rotatable bonds is 7. The van der Waals surface area contributed by atoms with Gasteiger partial charge in [0.2, 0.25) is 0 Å². The molecule has 4 rings (SSSR count). The van der Waals surface area contributed by atoms with E-state index in [1.54, 1.807) is 0 Å². The first-order valence-corrected chi connectivity index (χ1v) is 14.0. The van der Waals surface area contributed by atoms with Gasteiger partial charge in [0.1, 0.15) is 5.92 Å². The zero-order valence-electron chi connectivity index (χ0n) is 22.0. The average Bonchev–Trinajstić information content (AvgIpc) is 2.94. The molecular weight excluding hydrogens is 519 g/mol. The van der Waals surface area contributed by atoms with E-state index < -0.39 is 48.4 Å². The number of benzene rings is 3. The maximum absolute atomic E-state index is 14.0. The third-order valence-electron chi connectivity index (χ3n) is 6.47. The summed E-state index contributed by atoms with van der Waals surface area (Å²) in [4.78, 5) is 54.3. The fourth-order valence-electron chi connectivity index (χ4n) is 4.93. The van der Waals surface area contributed by atoms with Gasteiger partial charge < -0.3 is 18.9 Å². The molecule has 39 heavy (non-hydrogen) atoms. The third-order valence-corrected chi connectivity index (χ3v) is 10.9. The highest BCUT2D eigenvalue weighted by atomic mass is 31.2. The molecule has 1 aliphatic heterocycles. The Kier molecular flexibility index (Phi) is 8.07. The number of carbonyl (C=O) groups is 4. The van der Waals surface area contributed by atoms with Gasteiger partial charge in [-0.2, -0.15) is 0 Å². The van der Waals surface area contributed by atoms with Crippen LogP contribution in [0.2, 0.25) is 0 Å². The van der Waals surface area contributed by atoms with Gasteiger partial charge in [-0.25, -0.2) is 4.79 Å². The summed E-state index contributed by atoms with van der Waals surface area (Å²) in [6.45, 7) is -0.467. The molecule has 1 fully saturated rings. The second-order valence-corrected chi connectivity index (χ2v) is 12.6. The number of methoxy groups -OCH3 is 2. The standard InChI is InChI=1S/C30H29O8P/c1-30(2)37-27(32)24(28(33)38-30)23(26(31)35-3)25(29(34)36-4)39(20-14-8-5-9-15-20,21-16-10-6-11-17-21)22-18-12-7-13-19-22/h5-19,23-24H,1-4H3. The normalized spacial score (nSPS) is 15.9. The summed E-state index contributed by atoms with van der Waals surface area (Å²) in [6.07, 6.45) is 0. The molecule has 1 atom stereocenters. The molecule has 3 aromatic rings. The highest BCUT2D eigenvalue weighted by Gasteiger charge is 2.55. The quantitative estimate of drug-likeness (QED) is 0.192. The Hall–Kier alpha value is -4.16. The number of hydrogen-bond acceptors (Lipinski definition) is 8. The number of ether oxygens (including phenoxy) is 4. The summed E-state index contributed by atoms with van der Waals surface area (Å²) in [6, 6.07) is 27.6. The molecule has 0 N–H and O–H groups in total. The smallest absolute Gasteiger partial charge is 0.335 e. The number of esters is 4. The van der Waals surface area contributed by atoms with E-state index in [1.165, 1.54) is 21.0 Å². The van der Waals surface area contributed by atoms with E-state index in [0.29, 0.717) is 15.9 Å². The first-order valence-electron chi connectivity index (χ1n) is 12.2. The van der Waals surface area contributed by atoms with Crippen molar-refractivity contribution in [1.29, 1.82) is 0 Å². The van der Waals surface area contributed by atoms with Crippen molar-refractivity contribution in [3.05, 3.63) is 91.0 Å². The Morgan fingerprint density at radius 1 is 0.718 bits per heavy atom. The Balaban J connectivity index is 2.27. The highest BCUT2D eigenvalue weighted by molar-refractivity contribution is 7.96. The van der Waals surface area contributed by atoms with Gasteiger partial charge in [0.25, 0.3) is 5.79 Å². The van der Waals surface area contributed by atoms with Crippen LogP contribution >= 0.6 is 6.89 Å². The van der Waals surface area contributed by atoms with Gasteiger partial charge >= 0.3 is 23.9 Å². The van der Waals surface area contributed by atoms with Crippen molar-refractivity contribution in [3.63, 3.8) is 0 Å². The van der Waals surface area contributed by atoms with E-state index in [1.807, 2.05) is 91.0 Å². The Labute approximate surface area is 226 Å². The van der Waals surface area contributed by atoms with Crippen LogP contribution in [-0.2, 0) is 38.1 Å². The minimum atomic E-state index is -3.29. The lowest BCUT2D eigenvalue weighted by Gasteiger charge is -2.38. The van der Waals surface area contributed by atoms with Crippen molar-refractivity contribution >= 4 is 52.0 Å². The van der Waals surface area contributed by atoms with Gasteiger partial charge in [0.05, 0.1) is 19.5 Å². The molecule has 0 radical (unpaired) electrons. The molecule has 1 heterocycles. The summed E-state index contributed by atoms with van der Waals surface area (Å²) in [5.41, 5.74) is 0. The van der Waals surface area contributed by atoms with Crippen LogP contribution in [0.25, 0.3) is 0 Å². The van der Waals surface area contributed by atoms with E-state index in [9.17, 15) is 19.2 Å². The fourth-order valence-corrected chi connectivity index (χ4v) is 9.55. The molecule has 0 aliphatic carbocycles. The van der Waals surface area contributed by atoms with Crippen LogP contribution in [0.4, 0.5) is 0 Å². The van der Waals surface area contributed by atoms with Crippen molar-refractivity contribution in [3.8, 4) is 0 Å². The molecule has 3 aromatic carbocycles. The van der Waals surface area contributed by atoms with Crippen LogP contribution in [0.1, 0.15) is 13.8 Å². The molecule has 0 saturated carbocycles. The molecule has 9 heteroatoms. The molecule has 0 aromatic heterocycles. The molecule has 0 bridgehead atoms. The van der Waals surface area contributed by atoms with Crippen LogP contribution in [0.3, 0.4) is 0 Å². The van der Waals surface area contributed by atoms with Crippen LogP contribution in [-0.4, -0.2) is 49.2 Å². The maximum Gasteiger partial charge on any atom is 0.335 e. The molecule has 0 spiro atoms. The van der Waals surface area contributed by atoms with Crippen molar-refractivity contribution in [2.45, 2.75) is 19.6 Å². The molecule has 202 valence electrons. The van der Waals surface area contributed by atoms with Crippen LogP contribution in [0.15, 0.2) is 91.0 Å². The van der Waals surface area contributed by atoms with E-state index in [0.717, 1.165) is 7.11 Å². The second kappa shape index (κ2) is 11.3. The highest BCUT2D eigenvalue weighted by Crippen LogP contribution is 2.49. The summed E-state index contributed by atoms with van der Waals surface area (Å²) < 4.78 is 21.2. The molecule has 0 amide bonds. The van der Waals surface area contributed by atoms with E-state index in [2.05, 4.69) is 0 Å². The largest absolute Gasteiger partial charge is 0.469 e. The van der Waals surface area contributed by atoms with Gasteiger partial charge in [0.15, 0.2) is 5.92 Å². The molecular formula is C30H29O8P. The van der Waals surface area contributed by atoms with Crippen molar-refractivity contribution in [2.75, 3.05) is 14.2 Å². The summed E-state index contributed by atoms with van der Waals surface area (Å²) in [5.74, 6) is -8.87. The van der Waals surface area contributed by atoms with Crippen LogP contribution < -0.4 is 15.9 Å². The fraction of sp³-hybridized carbons (Fsp3) is 0.233. The maximum atomic E-state index is 14.0. The number of carbonyl (C=O) groups excluding carboxylic acids is 4. The van der Waals surface area contributed by atoms with E-state index in [4.69, 9.17) is 18.9 Å². The summed E-state index contributed by atoms with van der Waals surface area (Å²) in [7, 11) is 2.31. The Morgan fingerprint density at radius 2 is 1.10 bits per heavy atom. The molecule has 1 saturated heterocycles. The summed E-state index contributed by atoms with van der Waals surface area (Å²) in [5, 5.41) is 2.03. The van der Waals surface area contributed by atoms with Gasteiger partial charge in [-0.1, -0.05) is 91.0 Å². The van der Waals surface area contributed by atoms with Gasteiger partial charge in [-0.15, -0.1) is 0 Å². The van der Waals surface area contributed by atoms with E-state index in [-0.39, 0.29) is 5.29 Å². The van der Waals surface area contributed by atoms with Crippen LogP contribution in [0, 0.1) is 11.8 Å². The molecule has 8 nitrogen and oxygen atoms in total. The third kappa shape index (κ3) is 5.12. The van der Waals surface area contributed by atoms with Gasteiger partial charge in [0, 0.05) is 13.8 Å². The minimum Gasteiger partial charge on any atom is -0.469 e. The van der Waals surface area contributed by atoms with Gasteiger partial charge in [-0.3, -0.25) is 14.4 Å². The summed E-state index contributed by atoms with van der Waals surface area (Å²) >= 11 is 0.